The highest BCUT2D eigenvalue weighted by Crippen LogP contribution is 2.22. The van der Waals surface area contributed by atoms with E-state index in [4.69, 9.17) is 4.74 Å². The van der Waals surface area contributed by atoms with Gasteiger partial charge in [-0.1, -0.05) is 17.7 Å². The number of hydrogen-bond acceptors (Lipinski definition) is 7. The van der Waals surface area contributed by atoms with Crippen LogP contribution in [0.4, 0.5) is 28.8 Å². The molecule has 3 N–H and O–H groups in total. The summed E-state index contributed by atoms with van der Waals surface area (Å²) >= 11 is 0. The van der Waals surface area contributed by atoms with Crippen molar-refractivity contribution < 1.29 is 9.53 Å². The fraction of sp³-hybridized carbons (Fsp3) is 0.167. The smallest absolute Gasteiger partial charge is 0.262 e. The van der Waals surface area contributed by atoms with E-state index in [0.29, 0.717) is 23.0 Å². The molecule has 9 nitrogen and oxygen atoms in total. The number of methoxy groups -OCH3 is 1. The van der Waals surface area contributed by atoms with Gasteiger partial charge in [-0.25, -0.2) is 4.98 Å². The van der Waals surface area contributed by atoms with Crippen LogP contribution >= 0.6 is 0 Å². The predicted octanol–water partition coefficient (Wildman–Crippen LogP) is 4.58. The van der Waals surface area contributed by atoms with Gasteiger partial charge in [0.1, 0.15) is 11.4 Å². The van der Waals surface area contributed by atoms with Crippen LogP contribution in [0.1, 0.15) is 21.6 Å². The molecule has 2 aromatic carbocycles. The van der Waals surface area contributed by atoms with Crippen LogP contribution in [0.3, 0.4) is 0 Å². The fourth-order valence-corrected chi connectivity index (χ4v) is 3.21. The van der Waals surface area contributed by atoms with Crippen LogP contribution in [-0.4, -0.2) is 32.8 Å². The number of anilines is 5. The van der Waals surface area contributed by atoms with Crippen LogP contribution in [0.15, 0.2) is 60.8 Å². The van der Waals surface area contributed by atoms with Crippen LogP contribution < -0.4 is 20.7 Å². The quantitative estimate of drug-likeness (QED) is 0.384. The van der Waals surface area contributed by atoms with Gasteiger partial charge in [-0.2, -0.15) is 4.98 Å². The van der Waals surface area contributed by atoms with E-state index in [2.05, 4.69) is 31.0 Å². The molecule has 0 bridgehead atoms. The minimum Gasteiger partial charge on any atom is -0.479 e. The van der Waals surface area contributed by atoms with Gasteiger partial charge >= 0.3 is 0 Å². The summed E-state index contributed by atoms with van der Waals surface area (Å²) in [7, 11) is 3.21. The van der Waals surface area contributed by atoms with Crippen LogP contribution in [0, 0.1) is 13.8 Å². The summed E-state index contributed by atoms with van der Waals surface area (Å²) in [5.41, 5.74) is 4.78. The van der Waals surface area contributed by atoms with E-state index in [9.17, 15) is 4.79 Å². The Kier molecular flexibility index (Phi) is 6.21. The average molecular weight is 444 g/mol. The van der Waals surface area contributed by atoms with Gasteiger partial charge < -0.3 is 20.7 Å². The van der Waals surface area contributed by atoms with E-state index in [1.54, 1.807) is 25.4 Å². The summed E-state index contributed by atoms with van der Waals surface area (Å²) in [5.74, 6) is 1.15. The number of aryl methyl sites for hydroxylation is 3. The lowest BCUT2D eigenvalue weighted by Crippen LogP contribution is -2.12. The normalized spacial score (nSPS) is 10.5. The number of hydrogen-bond donors (Lipinski definition) is 3. The maximum absolute atomic E-state index is 12.5. The zero-order valence-electron chi connectivity index (χ0n) is 18.9. The fourth-order valence-electron chi connectivity index (χ4n) is 3.21. The summed E-state index contributed by atoms with van der Waals surface area (Å²) in [6.07, 6.45) is 1.61. The summed E-state index contributed by atoms with van der Waals surface area (Å²) in [5, 5.41) is 13.5. The number of carbonyl (C=O) groups excluding carboxylic acids is 1. The maximum Gasteiger partial charge on any atom is 0.262 e. The Bertz CT molecular complexity index is 1270. The van der Waals surface area contributed by atoms with Gasteiger partial charge in [-0.15, -0.1) is 5.10 Å². The molecule has 0 spiro atoms. The molecule has 0 saturated carbocycles. The Morgan fingerprint density at radius 2 is 1.55 bits per heavy atom. The number of nitrogens with one attached hydrogen (secondary N) is 3. The molecule has 2 aromatic heterocycles. The molecule has 0 aliphatic heterocycles. The zero-order valence-corrected chi connectivity index (χ0v) is 18.9. The largest absolute Gasteiger partial charge is 0.479 e. The second kappa shape index (κ2) is 9.39. The number of aromatic nitrogens is 4. The lowest BCUT2D eigenvalue weighted by atomic mass is 10.2. The van der Waals surface area contributed by atoms with Gasteiger partial charge in [0, 0.05) is 42.1 Å². The lowest BCUT2D eigenvalue weighted by Gasteiger charge is -2.11. The van der Waals surface area contributed by atoms with Crippen molar-refractivity contribution in [2.24, 2.45) is 7.05 Å². The molecule has 0 saturated heterocycles. The standard InChI is InChI=1S/C24H25N7O2/c1-15-5-7-17(8-6-15)26-21-13-16(2)25-24(29-21)28-19-11-9-18(10-12-19)27-22(32)20-14-31(3)30-23(20)33-4/h5-14H,1-4H3,(H,27,32)(H2,25,26,28,29). The highest BCUT2D eigenvalue weighted by Gasteiger charge is 2.16. The second-order valence-electron chi connectivity index (χ2n) is 7.59. The zero-order chi connectivity index (χ0) is 23.4. The molecule has 33 heavy (non-hydrogen) atoms. The Morgan fingerprint density at radius 3 is 2.24 bits per heavy atom. The molecule has 0 radical (unpaired) electrons. The Balaban J connectivity index is 1.43. The third-order valence-electron chi connectivity index (χ3n) is 4.81. The topological polar surface area (TPSA) is 106 Å². The third kappa shape index (κ3) is 5.45. The predicted molar refractivity (Wildman–Crippen MR) is 129 cm³/mol. The Hall–Kier alpha value is -4.40. The summed E-state index contributed by atoms with van der Waals surface area (Å²) in [6.45, 7) is 3.96. The van der Waals surface area contributed by atoms with Gasteiger partial charge in [0.05, 0.1) is 7.11 Å². The van der Waals surface area contributed by atoms with Crippen molar-refractivity contribution in [3.63, 3.8) is 0 Å². The van der Waals surface area contributed by atoms with E-state index < -0.39 is 0 Å². The van der Waals surface area contributed by atoms with E-state index >= 15 is 0 Å². The van der Waals surface area contributed by atoms with Gasteiger partial charge in [0.15, 0.2) is 0 Å². The van der Waals surface area contributed by atoms with Crippen molar-refractivity contribution in [3.8, 4) is 5.88 Å². The van der Waals surface area contributed by atoms with Crippen molar-refractivity contribution >= 4 is 34.7 Å². The molecule has 1 amide bonds. The van der Waals surface area contributed by atoms with Crippen molar-refractivity contribution in [1.82, 2.24) is 19.7 Å². The van der Waals surface area contributed by atoms with Crippen molar-refractivity contribution in [2.45, 2.75) is 13.8 Å². The molecular weight excluding hydrogens is 418 g/mol. The first kappa shape index (κ1) is 21.8. The monoisotopic (exact) mass is 443 g/mol. The third-order valence-corrected chi connectivity index (χ3v) is 4.81. The molecule has 0 unspecified atom stereocenters. The highest BCUT2D eigenvalue weighted by atomic mass is 16.5. The van der Waals surface area contributed by atoms with Crippen LogP contribution in [-0.2, 0) is 7.05 Å². The van der Waals surface area contributed by atoms with Gasteiger partial charge in [-0.05, 0) is 50.2 Å². The minimum atomic E-state index is -0.297. The van der Waals surface area contributed by atoms with Crippen LogP contribution in [0.5, 0.6) is 5.88 Å². The van der Waals surface area contributed by atoms with Gasteiger partial charge in [0.25, 0.3) is 5.91 Å². The van der Waals surface area contributed by atoms with Crippen LogP contribution in [0.25, 0.3) is 0 Å². The molecule has 168 valence electrons. The summed E-state index contributed by atoms with van der Waals surface area (Å²) in [6, 6.07) is 17.3. The average Bonchev–Trinajstić information content (AvgIpc) is 3.17. The number of benzene rings is 2. The van der Waals surface area contributed by atoms with Crippen molar-refractivity contribution in [2.75, 3.05) is 23.1 Å². The van der Waals surface area contributed by atoms with Crippen molar-refractivity contribution in [3.05, 3.63) is 77.6 Å². The van der Waals surface area contributed by atoms with Crippen molar-refractivity contribution in [1.29, 1.82) is 0 Å². The molecule has 9 heteroatoms. The second-order valence-corrected chi connectivity index (χ2v) is 7.59. The Labute approximate surface area is 191 Å². The first-order chi connectivity index (χ1) is 15.9. The Morgan fingerprint density at radius 1 is 0.909 bits per heavy atom. The van der Waals surface area contributed by atoms with Gasteiger partial charge in [0.2, 0.25) is 11.8 Å². The lowest BCUT2D eigenvalue weighted by molar-refractivity contribution is 0.102. The molecular formula is C24H25N7O2. The SMILES string of the molecule is COc1nn(C)cc1C(=O)Nc1ccc(Nc2nc(C)cc(Nc3ccc(C)cc3)n2)cc1. The molecule has 0 aliphatic carbocycles. The summed E-state index contributed by atoms with van der Waals surface area (Å²) < 4.78 is 6.68. The van der Waals surface area contributed by atoms with E-state index in [-0.39, 0.29) is 11.8 Å². The van der Waals surface area contributed by atoms with Crippen LogP contribution in [0.2, 0.25) is 0 Å². The van der Waals surface area contributed by atoms with E-state index in [0.717, 1.165) is 17.1 Å². The number of amides is 1. The molecule has 0 fully saturated rings. The molecule has 4 aromatic rings. The number of nitrogens with zero attached hydrogens (tertiary/aromatic N) is 4. The molecule has 0 atom stereocenters. The molecule has 0 aliphatic rings. The number of ether oxygens (including phenoxy) is 1. The van der Waals surface area contributed by atoms with Gasteiger partial charge in [-0.3, -0.25) is 9.48 Å². The first-order valence-electron chi connectivity index (χ1n) is 10.3. The molecule has 2 heterocycles. The first-order valence-corrected chi connectivity index (χ1v) is 10.3. The number of rotatable bonds is 7. The van der Waals surface area contributed by atoms with E-state index in [1.165, 1.54) is 17.4 Å². The maximum atomic E-state index is 12.5. The molecule has 4 rings (SSSR count). The summed E-state index contributed by atoms with van der Waals surface area (Å²) in [4.78, 5) is 21.6. The minimum absolute atomic E-state index is 0.278. The van der Waals surface area contributed by atoms with E-state index in [1.807, 2.05) is 56.3 Å². The number of carbonyl (C=O) groups is 1. The highest BCUT2D eigenvalue weighted by molar-refractivity contribution is 6.05.